The van der Waals surface area contributed by atoms with Crippen molar-refractivity contribution in [3.8, 4) is 0 Å². The monoisotopic (exact) mass is 199 g/mol. The normalized spacial score (nSPS) is 12.8. The molecule has 1 N–H and O–H groups in total. The van der Waals surface area contributed by atoms with Crippen LogP contribution in [0.1, 0.15) is 12.5 Å². The summed E-state index contributed by atoms with van der Waals surface area (Å²) in [7, 11) is 0. The second-order valence-electron chi connectivity index (χ2n) is 3.37. The predicted molar refractivity (Wildman–Crippen MR) is 53.5 cm³/mol. The van der Waals surface area contributed by atoms with E-state index in [1.54, 1.807) is 12.1 Å². The molecule has 1 aromatic carbocycles. The first kappa shape index (κ1) is 11.1. The second kappa shape index (κ2) is 5.70. The first-order valence-corrected chi connectivity index (χ1v) is 4.76. The molecule has 0 aliphatic heterocycles. The zero-order valence-corrected chi connectivity index (χ0v) is 8.26. The summed E-state index contributed by atoms with van der Waals surface area (Å²) in [6, 6.07) is 6.61. The van der Waals surface area contributed by atoms with Crippen molar-refractivity contribution in [1.82, 2.24) is 5.32 Å². The molecule has 0 spiro atoms. The van der Waals surface area contributed by atoms with Gasteiger partial charge in [0.1, 0.15) is 12.5 Å². The maximum absolute atomic E-state index is 12.6. The maximum atomic E-state index is 12.6. The van der Waals surface area contributed by atoms with E-state index in [2.05, 4.69) is 5.32 Å². The molecule has 0 aliphatic rings. The summed E-state index contributed by atoms with van der Waals surface area (Å²) in [6.07, 6.45) is 0.792. The largest absolute Gasteiger partial charge is 0.311 e. The van der Waals surface area contributed by atoms with Crippen LogP contribution in [0.25, 0.3) is 0 Å². The van der Waals surface area contributed by atoms with Crippen LogP contribution in [0.3, 0.4) is 0 Å². The third kappa shape index (κ3) is 3.83. The molecule has 1 aromatic rings. The lowest BCUT2D eigenvalue weighted by Crippen LogP contribution is -2.29. The van der Waals surface area contributed by atoms with Crippen LogP contribution in [0.2, 0.25) is 0 Å². The Morgan fingerprint density at radius 3 is 2.50 bits per heavy atom. The van der Waals surface area contributed by atoms with Crippen LogP contribution in [0.4, 0.5) is 8.78 Å². The molecular formula is C11H15F2N. The Hall–Kier alpha value is -0.960. The smallest absolute Gasteiger partial charge is 0.123 e. The standard InChI is InChI=1S/C11H15F2N/c1-9(14-7-6-12)8-10-2-4-11(13)5-3-10/h2-5,9,14H,6-8H2,1H3. The molecule has 0 radical (unpaired) electrons. The molecule has 3 heteroatoms. The van der Waals surface area contributed by atoms with Gasteiger partial charge in [-0.2, -0.15) is 0 Å². The molecule has 0 saturated carbocycles. The average molecular weight is 199 g/mol. The van der Waals surface area contributed by atoms with E-state index in [0.717, 1.165) is 12.0 Å². The Kier molecular flexibility index (Phi) is 4.53. The van der Waals surface area contributed by atoms with Crippen LogP contribution in [-0.2, 0) is 6.42 Å². The van der Waals surface area contributed by atoms with Crippen molar-refractivity contribution in [2.75, 3.05) is 13.2 Å². The molecule has 1 nitrogen and oxygen atoms in total. The van der Waals surface area contributed by atoms with E-state index >= 15 is 0 Å². The van der Waals surface area contributed by atoms with E-state index in [1.165, 1.54) is 12.1 Å². The van der Waals surface area contributed by atoms with Crippen molar-refractivity contribution in [3.05, 3.63) is 35.6 Å². The minimum absolute atomic E-state index is 0.219. The quantitative estimate of drug-likeness (QED) is 0.767. The van der Waals surface area contributed by atoms with Crippen LogP contribution >= 0.6 is 0 Å². The average Bonchev–Trinajstić information content (AvgIpc) is 2.18. The van der Waals surface area contributed by atoms with Gasteiger partial charge in [-0.05, 0) is 31.0 Å². The number of nitrogens with one attached hydrogen (secondary N) is 1. The Bertz CT molecular complexity index is 258. The van der Waals surface area contributed by atoms with E-state index in [-0.39, 0.29) is 18.5 Å². The molecular weight excluding hydrogens is 184 g/mol. The lowest BCUT2D eigenvalue weighted by atomic mass is 10.1. The predicted octanol–water partition coefficient (Wildman–Crippen LogP) is 2.32. The molecule has 78 valence electrons. The first-order valence-electron chi connectivity index (χ1n) is 4.76. The van der Waals surface area contributed by atoms with E-state index in [9.17, 15) is 8.78 Å². The fourth-order valence-corrected chi connectivity index (χ4v) is 1.35. The van der Waals surface area contributed by atoms with Gasteiger partial charge in [0.15, 0.2) is 0 Å². The van der Waals surface area contributed by atoms with Crippen molar-refractivity contribution in [3.63, 3.8) is 0 Å². The van der Waals surface area contributed by atoms with Crippen molar-refractivity contribution in [2.24, 2.45) is 0 Å². The molecule has 0 fully saturated rings. The number of alkyl halides is 1. The summed E-state index contributed by atoms with van der Waals surface area (Å²) in [5.74, 6) is -0.224. The minimum Gasteiger partial charge on any atom is -0.311 e. The highest BCUT2D eigenvalue weighted by molar-refractivity contribution is 5.16. The third-order valence-corrected chi connectivity index (χ3v) is 2.04. The van der Waals surface area contributed by atoms with Gasteiger partial charge in [0.05, 0.1) is 0 Å². The Morgan fingerprint density at radius 2 is 1.93 bits per heavy atom. The molecule has 0 heterocycles. The van der Waals surface area contributed by atoms with E-state index in [0.29, 0.717) is 6.54 Å². The van der Waals surface area contributed by atoms with Gasteiger partial charge in [0.2, 0.25) is 0 Å². The lowest BCUT2D eigenvalue weighted by Gasteiger charge is -2.12. The molecule has 0 amide bonds. The number of rotatable bonds is 5. The highest BCUT2D eigenvalue weighted by Crippen LogP contribution is 2.05. The summed E-state index contributed by atoms with van der Waals surface area (Å²) >= 11 is 0. The molecule has 14 heavy (non-hydrogen) atoms. The fraction of sp³-hybridized carbons (Fsp3) is 0.455. The number of halogens is 2. The molecule has 1 rings (SSSR count). The highest BCUT2D eigenvalue weighted by atomic mass is 19.1. The summed E-state index contributed by atoms with van der Waals surface area (Å²) in [4.78, 5) is 0. The van der Waals surface area contributed by atoms with Gasteiger partial charge in [-0.3, -0.25) is 0 Å². The lowest BCUT2D eigenvalue weighted by molar-refractivity contribution is 0.438. The summed E-state index contributed by atoms with van der Waals surface area (Å²) in [5, 5.41) is 3.03. The summed E-state index contributed by atoms with van der Waals surface area (Å²) in [6.45, 7) is 2.01. The molecule has 0 aromatic heterocycles. The second-order valence-corrected chi connectivity index (χ2v) is 3.37. The number of benzene rings is 1. The van der Waals surface area contributed by atoms with Crippen LogP contribution < -0.4 is 5.32 Å². The van der Waals surface area contributed by atoms with Crippen LogP contribution in [-0.4, -0.2) is 19.3 Å². The molecule has 0 bridgehead atoms. The Balaban J connectivity index is 2.39. The van der Waals surface area contributed by atoms with Gasteiger partial charge in [0.25, 0.3) is 0 Å². The first-order chi connectivity index (χ1) is 6.72. The minimum atomic E-state index is -0.353. The molecule has 1 unspecified atom stereocenters. The van der Waals surface area contributed by atoms with E-state index < -0.39 is 0 Å². The Labute approximate surface area is 83.1 Å². The summed E-state index contributed by atoms with van der Waals surface area (Å²) in [5.41, 5.74) is 1.06. The van der Waals surface area contributed by atoms with Gasteiger partial charge < -0.3 is 5.32 Å². The summed E-state index contributed by atoms with van der Waals surface area (Å²) < 4.78 is 24.4. The van der Waals surface area contributed by atoms with Gasteiger partial charge in [-0.15, -0.1) is 0 Å². The molecule has 0 aliphatic carbocycles. The van der Waals surface area contributed by atoms with Crippen molar-refractivity contribution in [1.29, 1.82) is 0 Å². The van der Waals surface area contributed by atoms with E-state index in [1.807, 2.05) is 6.92 Å². The third-order valence-electron chi connectivity index (χ3n) is 2.04. The molecule has 0 saturated heterocycles. The van der Waals surface area contributed by atoms with Crippen molar-refractivity contribution in [2.45, 2.75) is 19.4 Å². The fourth-order valence-electron chi connectivity index (χ4n) is 1.35. The Morgan fingerprint density at radius 1 is 1.29 bits per heavy atom. The highest BCUT2D eigenvalue weighted by Gasteiger charge is 2.02. The van der Waals surface area contributed by atoms with Crippen LogP contribution in [0, 0.1) is 5.82 Å². The van der Waals surface area contributed by atoms with Crippen LogP contribution in [0.5, 0.6) is 0 Å². The van der Waals surface area contributed by atoms with Crippen molar-refractivity contribution >= 4 is 0 Å². The van der Waals surface area contributed by atoms with Gasteiger partial charge in [0, 0.05) is 12.6 Å². The number of hydrogen-bond acceptors (Lipinski definition) is 1. The SMILES string of the molecule is CC(Cc1ccc(F)cc1)NCCF. The van der Waals surface area contributed by atoms with Gasteiger partial charge in [-0.1, -0.05) is 12.1 Å². The van der Waals surface area contributed by atoms with E-state index in [4.69, 9.17) is 0 Å². The van der Waals surface area contributed by atoms with Crippen molar-refractivity contribution < 1.29 is 8.78 Å². The van der Waals surface area contributed by atoms with Gasteiger partial charge in [-0.25, -0.2) is 8.78 Å². The zero-order chi connectivity index (χ0) is 10.4. The van der Waals surface area contributed by atoms with Gasteiger partial charge >= 0.3 is 0 Å². The van der Waals surface area contributed by atoms with Crippen LogP contribution in [0.15, 0.2) is 24.3 Å². The topological polar surface area (TPSA) is 12.0 Å². The number of hydrogen-bond donors (Lipinski definition) is 1. The molecule has 1 atom stereocenters. The maximum Gasteiger partial charge on any atom is 0.123 e. The zero-order valence-electron chi connectivity index (χ0n) is 8.26.